The third kappa shape index (κ3) is 3.38. The molecule has 0 amide bonds. The molecule has 0 fully saturated rings. The van der Waals surface area contributed by atoms with Gasteiger partial charge < -0.3 is 4.74 Å². The summed E-state index contributed by atoms with van der Waals surface area (Å²) in [7, 11) is 0. The lowest BCUT2D eigenvalue weighted by Crippen LogP contribution is -2.08. The lowest BCUT2D eigenvalue weighted by atomic mass is 10.2. The van der Waals surface area contributed by atoms with E-state index in [2.05, 4.69) is 9.97 Å². The van der Waals surface area contributed by atoms with Gasteiger partial charge in [0.1, 0.15) is 11.4 Å². The number of ketones is 1. The Labute approximate surface area is 106 Å². The Balaban J connectivity index is 1.84. The Morgan fingerprint density at radius 1 is 1.33 bits per heavy atom. The van der Waals surface area contributed by atoms with Crippen molar-refractivity contribution in [3.8, 4) is 5.75 Å². The fourth-order valence-corrected chi connectivity index (χ4v) is 1.54. The van der Waals surface area contributed by atoms with Gasteiger partial charge in [0, 0.05) is 18.8 Å². The van der Waals surface area contributed by atoms with E-state index in [1.165, 1.54) is 12.4 Å². The van der Waals surface area contributed by atoms with Gasteiger partial charge in [-0.25, -0.2) is 4.98 Å². The van der Waals surface area contributed by atoms with Gasteiger partial charge >= 0.3 is 0 Å². The second-order valence-electron chi connectivity index (χ2n) is 3.93. The molecule has 0 aliphatic carbocycles. The molecule has 0 saturated carbocycles. The Kier molecular flexibility index (Phi) is 4.02. The first kappa shape index (κ1) is 12.2. The summed E-state index contributed by atoms with van der Waals surface area (Å²) < 4.78 is 5.51. The van der Waals surface area contributed by atoms with E-state index in [0.717, 1.165) is 11.3 Å². The number of hydrogen-bond donors (Lipinski definition) is 0. The van der Waals surface area contributed by atoms with Crippen LogP contribution in [0.5, 0.6) is 5.75 Å². The quantitative estimate of drug-likeness (QED) is 0.756. The molecule has 0 unspecified atom stereocenters. The summed E-state index contributed by atoms with van der Waals surface area (Å²) in [6.07, 6.45) is 4.82. The van der Waals surface area contributed by atoms with Crippen LogP contribution in [0.15, 0.2) is 42.9 Å². The molecule has 4 nitrogen and oxygen atoms in total. The number of aromatic nitrogens is 2. The number of rotatable bonds is 5. The van der Waals surface area contributed by atoms with Crippen molar-refractivity contribution < 1.29 is 9.53 Å². The van der Waals surface area contributed by atoms with Crippen LogP contribution in [0.2, 0.25) is 0 Å². The van der Waals surface area contributed by atoms with Crippen LogP contribution in [0.25, 0.3) is 0 Å². The first-order valence-electron chi connectivity index (χ1n) is 5.74. The summed E-state index contributed by atoms with van der Waals surface area (Å²) in [6.45, 7) is 2.34. The van der Waals surface area contributed by atoms with Crippen LogP contribution in [-0.2, 0) is 0 Å². The van der Waals surface area contributed by atoms with Crippen molar-refractivity contribution in [2.24, 2.45) is 0 Å². The normalized spacial score (nSPS) is 10.1. The Bertz CT molecular complexity index is 526. The van der Waals surface area contributed by atoms with Gasteiger partial charge in [-0.3, -0.25) is 9.78 Å². The van der Waals surface area contributed by atoms with Gasteiger partial charge in [0.05, 0.1) is 12.8 Å². The topological polar surface area (TPSA) is 52.1 Å². The van der Waals surface area contributed by atoms with Crippen molar-refractivity contribution in [3.05, 3.63) is 54.1 Å². The van der Waals surface area contributed by atoms with E-state index in [4.69, 9.17) is 4.74 Å². The van der Waals surface area contributed by atoms with E-state index in [9.17, 15) is 4.79 Å². The molecule has 2 aromatic rings. The van der Waals surface area contributed by atoms with E-state index in [-0.39, 0.29) is 5.78 Å². The maximum Gasteiger partial charge on any atom is 0.186 e. The van der Waals surface area contributed by atoms with E-state index >= 15 is 0 Å². The van der Waals surface area contributed by atoms with E-state index in [1.54, 1.807) is 6.20 Å². The van der Waals surface area contributed by atoms with Gasteiger partial charge in [0.2, 0.25) is 0 Å². The predicted octanol–water partition coefficient (Wildman–Crippen LogP) is 2.44. The first-order chi connectivity index (χ1) is 8.75. The van der Waals surface area contributed by atoms with Crippen molar-refractivity contribution in [2.75, 3.05) is 6.61 Å². The van der Waals surface area contributed by atoms with Gasteiger partial charge in [0.25, 0.3) is 0 Å². The number of Topliss-reactive ketones (excluding diaryl/α,β-unsaturated/α-hetero) is 1. The fourth-order valence-electron chi connectivity index (χ4n) is 1.54. The highest BCUT2D eigenvalue weighted by molar-refractivity contribution is 5.93. The summed E-state index contributed by atoms with van der Waals surface area (Å²) in [6, 6.07) is 7.74. The molecular weight excluding hydrogens is 228 g/mol. The molecule has 2 rings (SSSR count). The van der Waals surface area contributed by atoms with Crippen LogP contribution in [0.3, 0.4) is 0 Å². The molecule has 4 heteroatoms. The summed E-state index contributed by atoms with van der Waals surface area (Å²) >= 11 is 0. The van der Waals surface area contributed by atoms with Crippen LogP contribution >= 0.6 is 0 Å². The van der Waals surface area contributed by atoms with Crippen LogP contribution in [0.4, 0.5) is 0 Å². The molecule has 0 aliphatic rings. The Morgan fingerprint density at radius 3 is 2.94 bits per heavy atom. The van der Waals surface area contributed by atoms with Gasteiger partial charge in [-0.2, -0.15) is 0 Å². The molecule has 1 aromatic carbocycles. The fraction of sp³-hybridized carbons (Fsp3) is 0.214. The van der Waals surface area contributed by atoms with Crippen molar-refractivity contribution in [3.63, 3.8) is 0 Å². The minimum Gasteiger partial charge on any atom is -0.493 e. The van der Waals surface area contributed by atoms with Crippen LogP contribution < -0.4 is 4.74 Å². The summed E-state index contributed by atoms with van der Waals surface area (Å²) in [5.41, 5.74) is 1.51. The smallest absolute Gasteiger partial charge is 0.186 e. The molecule has 1 heterocycles. The van der Waals surface area contributed by atoms with Gasteiger partial charge in [-0.15, -0.1) is 0 Å². The standard InChI is InChI=1S/C14H14N2O2/c1-11-3-2-4-12(9-11)18-8-5-14(17)13-10-15-6-7-16-13/h2-4,6-7,9-10H,5,8H2,1H3. The van der Waals surface area contributed by atoms with Crippen LogP contribution in [0, 0.1) is 6.92 Å². The van der Waals surface area contributed by atoms with Gasteiger partial charge in [0.15, 0.2) is 5.78 Å². The number of aryl methyl sites for hydroxylation is 1. The summed E-state index contributed by atoms with van der Waals surface area (Å²) in [5, 5.41) is 0. The number of benzene rings is 1. The highest BCUT2D eigenvalue weighted by Crippen LogP contribution is 2.12. The third-order valence-corrected chi connectivity index (χ3v) is 2.44. The monoisotopic (exact) mass is 242 g/mol. The summed E-state index contributed by atoms with van der Waals surface area (Å²) in [4.78, 5) is 19.5. The molecule has 0 saturated heterocycles. The molecule has 1 aromatic heterocycles. The molecule has 0 bridgehead atoms. The SMILES string of the molecule is Cc1cccc(OCCC(=O)c2cnccn2)c1. The maximum absolute atomic E-state index is 11.7. The number of nitrogens with zero attached hydrogens (tertiary/aromatic N) is 2. The first-order valence-corrected chi connectivity index (χ1v) is 5.74. The van der Waals surface area contributed by atoms with E-state index in [0.29, 0.717) is 18.7 Å². The molecule has 0 radical (unpaired) electrons. The summed E-state index contributed by atoms with van der Waals surface area (Å²) in [5.74, 6) is 0.720. The molecule has 0 aliphatic heterocycles. The third-order valence-electron chi connectivity index (χ3n) is 2.44. The number of hydrogen-bond acceptors (Lipinski definition) is 4. The minimum absolute atomic E-state index is 0.0595. The van der Waals surface area contributed by atoms with E-state index < -0.39 is 0 Å². The molecule has 0 spiro atoms. The van der Waals surface area contributed by atoms with Gasteiger partial charge in [-0.1, -0.05) is 12.1 Å². The zero-order valence-electron chi connectivity index (χ0n) is 10.2. The average molecular weight is 242 g/mol. The van der Waals surface area contributed by atoms with Crippen LogP contribution in [-0.4, -0.2) is 22.4 Å². The van der Waals surface area contributed by atoms with Crippen molar-refractivity contribution >= 4 is 5.78 Å². The van der Waals surface area contributed by atoms with Gasteiger partial charge in [-0.05, 0) is 24.6 Å². The van der Waals surface area contributed by atoms with Crippen molar-refractivity contribution in [1.29, 1.82) is 0 Å². The lowest BCUT2D eigenvalue weighted by Gasteiger charge is -2.05. The van der Waals surface area contributed by atoms with Crippen LogP contribution in [0.1, 0.15) is 22.5 Å². The van der Waals surface area contributed by atoms with Crippen molar-refractivity contribution in [2.45, 2.75) is 13.3 Å². The molecule has 0 N–H and O–H groups in total. The largest absolute Gasteiger partial charge is 0.493 e. The molecule has 92 valence electrons. The lowest BCUT2D eigenvalue weighted by molar-refractivity contribution is 0.0957. The highest BCUT2D eigenvalue weighted by Gasteiger charge is 2.07. The number of carbonyl (C=O) groups is 1. The molecule has 18 heavy (non-hydrogen) atoms. The highest BCUT2D eigenvalue weighted by atomic mass is 16.5. The second kappa shape index (κ2) is 5.91. The Hall–Kier alpha value is -2.23. The second-order valence-corrected chi connectivity index (χ2v) is 3.93. The zero-order chi connectivity index (χ0) is 12.8. The van der Waals surface area contributed by atoms with Crippen molar-refractivity contribution in [1.82, 2.24) is 9.97 Å². The Morgan fingerprint density at radius 2 is 2.22 bits per heavy atom. The molecule has 0 atom stereocenters. The predicted molar refractivity (Wildman–Crippen MR) is 67.7 cm³/mol. The zero-order valence-corrected chi connectivity index (χ0v) is 10.2. The number of ether oxygens (including phenoxy) is 1. The maximum atomic E-state index is 11.7. The molecular formula is C14H14N2O2. The number of carbonyl (C=O) groups excluding carboxylic acids is 1. The average Bonchev–Trinajstić information content (AvgIpc) is 2.40. The minimum atomic E-state index is -0.0595. The van der Waals surface area contributed by atoms with E-state index in [1.807, 2.05) is 31.2 Å².